The lowest BCUT2D eigenvalue weighted by molar-refractivity contribution is 0.112. The molecule has 0 amide bonds. The zero-order valence-electron chi connectivity index (χ0n) is 6.69. The summed E-state index contributed by atoms with van der Waals surface area (Å²) in [7, 11) is 0. The van der Waals surface area contributed by atoms with E-state index in [-0.39, 0.29) is 0 Å². The van der Waals surface area contributed by atoms with Crippen LogP contribution >= 0.6 is 0 Å². The van der Waals surface area contributed by atoms with Gasteiger partial charge in [-0.3, -0.25) is 4.79 Å². The Balaban J connectivity index is 2.58. The van der Waals surface area contributed by atoms with E-state index < -0.39 is 0 Å². The van der Waals surface area contributed by atoms with Crippen molar-refractivity contribution in [2.75, 3.05) is 13.2 Å². The minimum absolute atomic E-state index is 0.495. The van der Waals surface area contributed by atoms with Crippen molar-refractivity contribution in [1.29, 1.82) is 0 Å². The molecule has 0 aliphatic heterocycles. The van der Waals surface area contributed by atoms with Crippen LogP contribution in [0.25, 0.3) is 0 Å². The summed E-state index contributed by atoms with van der Waals surface area (Å²) < 4.78 is 5.21. The lowest BCUT2D eigenvalue weighted by atomic mass is 10.2. The van der Waals surface area contributed by atoms with Crippen molar-refractivity contribution in [3.05, 3.63) is 29.8 Å². The third kappa shape index (κ3) is 2.36. The first-order valence-electron chi connectivity index (χ1n) is 3.75. The standard InChI is InChI=1S/C9H11NO2/c10-5-6-12-9-3-1-8(7-11)2-4-9/h1-4,7H,5-6,10H2. The number of rotatable bonds is 4. The van der Waals surface area contributed by atoms with E-state index in [1.165, 1.54) is 0 Å². The smallest absolute Gasteiger partial charge is 0.150 e. The lowest BCUT2D eigenvalue weighted by Crippen LogP contribution is -2.10. The van der Waals surface area contributed by atoms with E-state index >= 15 is 0 Å². The number of hydrogen-bond donors (Lipinski definition) is 1. The van der Waals surface area contributed by atoms with Crippen molar-refractivity contribution < 1.29 is 9.53 Å². The summed E-state index contributed by atoms with van der Waals surface area (Å²) in [4.78, 5) is 10.3. The number of ether oxygens (including phenoxy) is 1. The number of hydrogen-bond acceptors (Lipinski definition) is 3. The fourth-order valence-corrected chi connectivity index (χ4v) is 0.819. The van der Waals surface area contributed by atoms with Crippen molar-refractivity contribution in [2.45, 2.75) is 0 Å². The van der Waals surface area contributed by atoms with Gasteiger partial charge in [-0.1, -0.05) is 0 Å². The van der Waals surface area contributed by atoms with Crippen LogP contribution in [-0.2, 0) is 0 Å². The minimum Gasteiger partial charge on any atom is -0.492 e. The van der Waals surface area contributed by atoms with E-state index in [2.05, 4.69) is 0 Å². The Morgan fingerprint density at radius 1 is 1.33 bits per heavy atom. The molecular weight excluding hydrogens is 154 g/mol. The van der Waals surface area contributed by atoms with Gasteiger partial charge in [0, 0.05) is 12.1 Å². The largest absolute Gasteiger partial charge is 0.492 e. The second kappa shape index (κ2) is 4.51. The molecule has 0 atom stereocenters. The normalized spacial score (nSPS) is 9.42. The molecular formula is C9H11NO2. The van der Waals surface area contributed by atoms with Gasteiger partial charge in [-0.25, -0.2) is 0 Å². The molecule has 0 radical (unpaired) electrons. The van der Waals surface area contributed by atoms with Gasteiger partial charge >= 0.3 is 0 Å². The average molecular weight is 165 g/mol. The second-order valence-corrected chi connectivity index (χ2v) is 2.32. The van der Waals surface area contributed by atoms with Crippen LogP contribution in [0.4, 0.5) is 0 Å². The SMILES string of the molecule is NCCOc1ccc(C=O)cc1. The van der Waals surface area contributed by atoms with Gasteiger partial charge in [-0.2, -0.15) is 0 Å². The van der Waals surface area contributed by atoms with Crippen molar-refractivity contribution in [3.8, 4) is 5.75 Å². The monoisotopic (exact) mass is 165 g/mol. The Hall–Kier alpha value is -1.35. The van der Waals surface area contributed by atoms with Crippen LogP contribution in [0, 0.1) is 0 Å². The quantitative estimate of drug-likeness (QED) is 0.672. The molecule has 0 fully saturated rings. The highest BCUT2D eigenvalue weighted by atomic mass is 16.5. The first kappa shape index (κ1) is 8.74. The van der Waals surface area contributed by atoms with Crippen LogP contribution in [0.2, 0.25) is 0 Å². The molecule has 3 heteroatoms. The van der Waals surface area contributed by atoms with Crippen LogP contribution in [0.15, 0.2) is 24.3 Å². The van der Waals surface area contributed by atoms with Gasteiger partial charge < -0.3 is 10.5 Å². The van der Waals surface area contributed by atoms with Crippen molar-refractivity contribution in [2.24, 2.45) is 5.73 Å². The van der Waals surface area contributed by atoms with Crippen molar-refractivity contribution >= 4 is 6.29 Å². The first-order valence-corrected chi connectivity index (χ1v) is 3.75. The van der Waals surface area contributed by atoms with Crippen molar-refractivity contribution in [3.63, 3.8) is 0 Å². The summed E-state index contributed by atoms with van der Waals surface area (Å²) in [5, 5.41) is 0. The topological polar surface area (TPSA) is 52.3 Å². The highest BCUT2D eigenvalue weighted by molar-refractivity contribution is 5.74. The number of nitrogens with two attached hydrogens (primary N) is 1. The molecule has 2 N–H and O–H groups in total. The van der Waals surface area contributed by atoms with Gasteiger partial charge in [0.25, 0.3) is 0 Å². The zero-order valence-corrected chi connectivity index (χ0v) is 6.69. The molecule has 0 spiro atoms. The lowest BCUT2D eigenvalue weighted by Gasteiger charge is -2.02. The van der Waals surface area contributed by atoms with Crippen LogP contribution in [0.3, 0.4) is 0 Å². The molecule has 0 bridgehead atoms. The van der Waals surface area contributed by atoms with Gasteiger partial charge in [0.15, 0.2) is 0 Å². The van der Waals surface area contributed by atoms with Crippen LogP contribution < -0.4 is 10.5 Å². The molecule has 0 aliphatic rings. The Labute approximate surface area is 71.1 Å². The summed E-state index contributed by atoms with van der Waals surface area (Å²) >= 11 is 0. The Kier molecular flexibility index (Phi) is 3.29. The summed E-state index contributed by atoms with van der Waals surface area (Å²) in [6, 6.07) is 6.91. The third-order valence-electron chi connectivity index (χ3n) is 1.40. The summed E-state index contributed by atoms with van der Waals surface area (Å²) in [5.41, 5.74) is 5.90. The molecule has 0 heterocycles. The zero-order chi connectivity index (χ0) is 8.81. The Bertz CT molecular complexity index is 243. The molecule has 0 unspecified atom stereocenters. The molecule has 12 heavy (non-hydrogen) atoms. The number of carbonyl (C=O) groups is 1. The van der Waals surface area contributed by atoms with E-state index in [9.17, 15) is 4.79 Å². The second-order valence-electron chi connectivity index (χ2n) is 2.32. The van der Waals surface area contributed by atoms with E-state index in [1.807, 2.05) is 0 Å². The number of benzene rings is 1. The average Bonchev–Trinajstić information content (AvgIpc) is 2.15. The molecule has 0 aromatic heterocycles. The number of carbonyl (C=O) groups excluding carboxylic acids is 1. The molecule has 0 saturated carbocycles. The van der Waals surface area contributed by atoms with E-state index in [0.717, 1.165) is 12.0 Å². The predicted molar refractivity (Wildman–Crippen MR) is 46.4 cm³/mol. The van der Waals surface area contributed by atoms with Crippen LogP contribution in [0.1, 0.15) is 10.4 Å². The summed E-state index contributed by atoms with van der Waals surface area (Å²) in [6.45, 7) is 0.996. The third-order valence-corrected chi connectivity index (χ3v) is 1.40. The van der Waals surface area contributed by atoms with Gasteiger partial charge in [0.1, 0.15) is 18.6 Å². The van der Waals surface area contributed by atoms with Gasteiger partial charge in [-0.05, 0) is 24.3 Å². The van der Waals surface area contributed by atoms with E-state index in [1.54, 1.807) is 24.3 Å². The maximum Gasteiger partial charge on any atom is 0.150 e. The van der Waals surface area contributed by atoms with Crippen molar-refractivity contribution in [1.82, 2.24) is 0 Å². The molecule has 0 aliphatic carbocycles. The maximum absolute atomic E-state index is 10.3. The van der Waals surface area contributed by atoms with E-state index in [0.29, 0.717) is 18.7 Å². The van der Waals surface area contributed by atoms with E-state index in [4.69, 9.17) is 10.5 Å². The maximum atomic E-state index is 10.3. The highest BCUT2D eigenvalue weighted by Crippen LogP contribution is 2.10. The molecule has 1 aromatic carbocycles. The Morgan fingerprint density at radius 2 is 2.00 bits per heavy atom. The molecule has 0 saturated heterocycles. The first-order chi connectivity index (χ1) is 5.86. The summed E-state index contributed by atoms with van der Waals surface area (Å²) in [6.07, 6.45) is 0.798. The minimum atomic E-state index is 0.495. The van der Waals surface area contributed by atoms with Gasteiger partial charge in [0.2, 0.25) is 0 Å². The van der Waals surface area contributed by atoms with Gasteiger partial charge in [-0.15, -0.1) is 0 Å². The fourth-order valence-electron chi connectivity index (χ4n) is 0.819. The summed E-state index contributed by atoms with van der Waals surface area (Å²) in [5.74, 6) is 0.742. The highest BCUT2D eigenvalue weighted by Gasteiger charge is 1.92. The fraction of sp³-hybridized carbons (Fsp3) is 0.222. The molecule has 1 rings (SSSR count). The van der Waals surface area contributed by atoms with Crippen LogP contribution in [0.5, 0.6) is 5.75 Å². The molecule has 3 nitrogen and oxygen atoms in total. The number of aldehydes is 1. The Morgan fingerprint density at radius 3 is 2.50 bits per heavy atom. The predicted octanol–water partition coefficient (Wildman–Crippen LogP) is 0.837. The molecule has 64 valence electrons. The molecule has 1 aromatic rings. The van der Waals surface area contributed by atoms with Gasteiger partial charge in [0.05, 0.1) is 0 Å². The van der Waals surface area contributed by atoms with Crippen LogP contribution in [-0.4, -0.2) is 19.4 Å².